The number of aromatic amines is 1. The van der Waals surface area contributed by atoms with Gasteiger partial charge in [0.15, 0.2) is 0 Å². The van der Waals surface area contributed by atoms with Gasteiger partial charge in [0.1, 0.15) is 11.5 Å². The highest BCUT2D eigenvalue weighted by Gasteiger charge is 2.51. The van der Waals surface area contributed by atoms with Gasteiger partial charge in [-0.15, -0.1) is 10.2 Å². The quantitative estimate of drug-likeness (QED) is 0.356. The summed E-state index contributed by atoms with van der Waals surface area (Å²) in [5.74, 6) is -1.15. The van der Waals surface area contributed by atoms with Crippen molar-refractivity contribution in [2.45, 2.75) is 24.4 Å². The molecular weight excluding hydrogens is 488 g/mol. The van der Waals surface area contributed by atoms with Crippen molar-refractivity contribution in [1.82, 2.24) is 25.6 Å². The van der Waals surface area contributed by atoms with Crippen LogP contribution >= 0.6 is 11.6 Å². The molecule has 0 bridgehead atoms. The number of hydrogen-bond donors (Lipinski definition) is 2. The lowest BCUT2D eigenvalue weighted by molar-refractivity contribution is -0.141. The van der Waals surface area contributed by atoms with Crippen LogP contribution in [0, 0.1) is 5.82 Å². The average Bonchev–Trinajstić information content (AvgIpc) is 3.45. The maximum atomic E-state index is 15.4. The zero-order valence-electron chi connectivity index (χ0n) is 17.7. The monoisotopic (exact) mass is 502 g/mol. The molecule has 2 heterocycles. The molecule has 0 aliphatic heterocycles. The molecule has 35 heavy (non-hydrogen) atoms. The van der Waals surface area contributed by atoms with E-state index in [9.17, 15) is 18.0 Å². The fourth-order valence-electron chi connectivity index (χ4n) is 3.94. The van der Waals surface area contributed by atoms with Crippen LogP contribution in [0.4, 0.5) is 23.2 Å². The lowest BCUT2D eigenvalue weighted by Crippen LogP contribution is -2.27. The number of amides is 1. The minimum Gasteiger partial charge on any atom is -0.325 e. The lowest BCUT2D eigenvalue weighted by atomic mass is 9.94. The third-order valence-corrected chi connectivity index (χ3v) is 6.07. The minimum atomic E-state index is -4.64. The van der Waals surface area contributed by atoms with Gasteiger partial charge in [-0.25, -0.2) is 4.39 Å². The summed E-state index contributed by atoms with van der Waals surface area (Å²) in [6, 6.07) is 11.4. The van der Waals surface area contributed by atoms with Crippen LogP contribution in [0.1, 0.15) is 24.1 Å². The molecule has 5 rings (SSSR count). The topological polar surface area (TPSA) is 96.5 Å². The lowest BCUT2D eigenvalue weighted by Gasteiger charge is -2.18. The number of tetrazole rings is 1. The molecule has 4 aromatic rings. The van der Waals surface area contributed by atoms with Gasteiger partial charge in [0.25, 0.3) is 0 Å². The summed E-state index contributed by atoms with van der Waals surface area (Å²) in [5, 5.41) is 16.7. The molecule has 1 amide bonds. The Bertz CT molecular complexity index is 1400. The zero-order chi connectivity index (χ0) is 24.8. The molecule has 2 N–H and O–H groups in total. The van der Waals surface area contributed by atoms with E-state index in [-0.39, 0.29) is 34.1 Å². The standard InChI is InChI=1S/C23H15ClF4N6O/c24-14-3-1-2-13(8-14)22(6-7-22)21(35)30-15-9-16(20-31-33-34-32-20)19(17(25)10-15)12-4-5-18(29-11-12)23(26,27)28/h1-5,8-11H,6-7H2,(H,30,35)(H,31,32,33,34). The molecular formula is C23H15ClF4N6O. The van der Waals surface area contributed by atoms with Gasteiger partial charge in [-0.3, -0.25) is 9.78 Å². The van der Waals surface area contributed by atoms with E-state index in [0.29, 0.717) is 17.9 Å². The maximum Gasteiger partial charge on any atom is 0.433 e. The number of hydrogen-bond acceptors (Lipinski definition) is 5. The van der Waals surface area contributed by atoms with Crippen LogP contribution in [-0.2, 0) is 16.4 Å². The van der Waals surface area contributed by atoms with Crippen LogP contribution < -0.4 is 5.32 Å². The Hall–Kier alpha value is -3.86. The van der Waals surface area contributed by atoms with Crippen molar-refractivity contribution in [2.24, 2.45) is 0 Å². The average molecular weight is 503 g/mol. The van der Waals surface area contributed by atoms with E-state index < -0.39 is 23.1 Å². The molecule has 7 nitrogen and oxygen atoms in total. The fraction of sp³-hybridized carbons (Fsp3) is 0.174. The Morgan fingerprint density at radius 3 is 2.51 bits per heavy atom. The Labute approximate surface area is 200 Å². The van der Waals surface area contributed by atoms with E-state index >= 15 is 4.39 Å². The van der Waals surface area contributed by atoms with Crippen LogP contribution in [0.2, 0.25) is 5.02 Å². The van der Waals surface area contributed by atoms with E-state index in [1.807, 2.05) is 6.07 Å². The predicted molar refractivity (Wildman–Crippen MR) is 119 cm³/mol. The number of aromatic nitrogens is 5. The molecule has 1 fully saturated rings. The van der Waals surface area contributed by atoms with Gasteiger partial charge >= 0.3 is 6.18 Å². The largest absolute Gasteiger partial charge is 0.433 e. The number of halogens is 5. The van der Waals surface area contributed by atoms with E-state index in [4.69, 9.17) is 11.6 Å². The third kappa shape index (κ3) is 4.34. The van der Waals surface area contributed by atoms with Gasteiger partial charge in [0.05, 0.1) is 5.41 Å². The van der Waals surface area contributed by atoms with Gasteiger partial charge < -0.3 is 5.32 Å². The van der Waals surface area contributed by atoms with E-state index in [1.54, 1.807) is 18.2 Å². The number of H-pyrrole nitrogens is 1. The molecule has 1 aliphatic rings. The van der Waals surface area contributed by atoms with E-state index in [2.05, 4.69) is 30.9 Å². The van der Waals surface area contributed by atoms with Crippen molar-refractivity contribution in [2.75, 3.05) is 5.32 Å². The normalized spacial score (nSPS) is 14.5. The summed E-state index contributed by atoms with van der Waals surface area (Å²) in [6.45, 7) is 0. The second-order valence-electron chi connectivity index (χ2n) is 8.09. The number of nitrogens with one attached hydrogen (secondary N) is 2. The van der Waals surface area contributed by atoms with Gasteiger partial charge in [0.2, 0.25) is 11.7 Å². The molecule has 178 valence electrons. The number of carbonyl (C=O) groups is 1. The van der Waals surface area contributed by atoms with Crippen molar-refractivity contribution < 1.29 is 22.4 Å². The molecule has 2 aromatic heterocycles. The van der Waals surface area contributed by atoms with Gasteiger partial charge in [-0.1, -0.05) is 29.8 Å². The SMILES string of the molecule is O=C(Nc1cc(F)c(-c2ccc(C(F)(F)F)nc2)c(-c2nn[nH]n2)c1)C1(c2cccc(Cl)c2)CC1. The predicted octanol–water partition coefficient (Wildman–Crippen LogP) is 5.41. The second kappa shape index (κ2) is 8.42. The second-order valence-corrected chi connectivity index (χ2v) is 8.53. The molecule has 0 saturated heterocycles. The first-order chi connectivity index (χ1) is 16.7. The van der Waals surface area contributed by atoms with Crippen LogP contribution in [0.25, 0.3) is 22.5 Å². The third-order valence-electron chi connectivity index (χ3n) is 5.84. The van der Waals surface area contributed by atoms with Crippen LogP contribution in [0.15, 0.2) is 54.7 Å². The number of benzene rings is 2. The number of anilines is 1. The van der Waals surface area contributed by atoms with Gasteiger partial charge in [-0.2, -0.15) is 18.4 Å². The first kappa shape index (κ1) is 22.9. The smallest absolute Gasteiger partial charge is 0.325 e. The molecule has 0 unspecified atom stereocenters. The highest BCUT2D eigenvalue weighted by molar-refractivity contribution is 6.30. The summed E-state index contributed by atoms with van der Waals surface area (Å²) >= 11 is 6.08. The first-order valence-corrected chi connectivity index (χ1v) is 10.7. The van der Waals surface area contributed by atoms with E-state index in [0.717, 1.165) is 30.0 Å². The van der Waals surface area contributed by atoms with Crippen molar-refractivity contribution in [3.63, 3.8) is 0 Å². The van der Waals surface area contributed by atoms with Crippen molar-refractivity contribution in [3.8, 4) is 22.5 Å². The summed E-state index contributed by atoms with van der Waals surface area (Å²) in [7, 11) is 0. The van der Waals surface area contributed by atoms with Gasteiger partial charge in [-0.05, 0) is 54.0 Å². The first-order valence-electron chi connectivity index (χ1n) is 10.4. The summed E-state index contributed by atoms with van der Waals surface area (Å²) in [4.78, 5) is 16.6. The maximum absolute atomic E-state index is 15.4. The Balaban J connectivity index is 1.52. The van der Waals surface area contributed by atoms with Crippen molar-refractivity contribution in [3.05, 3.63) is 76.8 Å². The summed E-state index contributed by atoms with van der Waals surface area (Å²) in [5.41, 5.74) is -0.889. The summed E-state index contributed by atoms with van der Waals surface area (Å²) in [6.07, 6.45) is -2.51. The highest BCUT2D eigenvalue weighted by atomic mass is 35.5. The van der Waals surface area contributed by atoms with Gasteiger partial charge in [0, 0.05) is 33.6 Å². The molecule has 1 saturated carbocycles. The minimum absolute atomic E-state index is 0.00845. The fourth-order valence-corrected chi connectivity index (χ4v) is 4.13. The molecule has 0 spiro atoms. The molecule has 0 atom stereocenters. The molecule has 2 aromatic carbocycles. The molecule has 0 radical (unpaired) electrons. The Morgan fingerprint density at radius 2 is 1.91 bits per heavy atom. The number of nitrogens with zero attached hydrogens (tertiary/aromatic N) is 4. The Kier molecular flexibility index (Phi) is 5.51. The van der Waals surface area contributed by atoms with E-state index in [1.165, 1.54) is 6.07 Å². The highest BCUT2D eigenvalue weighted by Crippen LogP contribution is 2.49. The number of carbonyl (C=O) groups excluding carboxylic acids is 1. The number of alkyl halides is 3. The number of pyridine rings is 1. The number of rotatable bonds is 5. The van der Waals surface area contributed by atoms with Crippen LogP contribution in [-0.4, -0.2) is 31.5 Å². The molecule has 12 heteroatoms. The zero-order valence-corrected chi connectivity index (χ0v) is 18.5. The van der Waals surface area contributed by atoms with Crippen molar-refractivity contribution in [1.29, 1.82) is 0 Å². The summed E-state index contributed by atoms with van der Waals surface area (Å²) < 4.78 is 54.1. The Morgan fingerprint density at radius 1 is 1.11 bits per heavy atom. The molecule has 1 aliphatic carbocycles. The van der Waals surface area contributed by atoms with Crippen LogP contribution in [0.5, 0.6) is 0 Å². The van der Waals surface area contributed by atoms with Crippen molar-refractivity contribution >= 4 is 23.2 Å². The van der Waals surface area contributed by atoms with Crippen LogP contribution in [0.3, 0.4) is 0 Å².